The highest BCUT2D eigenvalue weighted by molar-refractivity contribution is 7.81. The van der Waals surface area contributed by atoms with Crippen LogP contribution in [0.1, 0.15) is 86.5 Å². The lowest BCUT2D eigenvalue weighted by atomic mass is 9.91. The number of benzene rings is 3. The fourth-order valence-electron chi connectivity index (χ4n) is 12.6. The van der Waals surface area contributed by atoms with Crippen molar-refractivity contribution in [1.82, 2.24) is 64.5 Å². The zero-order valence-electron chi connectivity index (χ0n) is 59.8. The Morgan fingerprint density at radius 1 is 0.525 bits per heavy atom. The summed E-state index contributed by atoms with van der Waals surface area (Å²) in [7, 11) is 16.3. The van der Waals surface area contributed by atoms with Gasteiger partial charge in [0.05, 0.1) is 72.7 Å². The van der Waals surface area contributed by atoms with Gasteiger partial charge in [-0.25, -0.2) is 34.9 Å². The van der Waals surface area contributed by atoms with Crippen molar-refractivity contribution in [2.75, 3.05) is 113 Å². The standard InChI is InChI=1S/C28H36ClN7S.C25H28N6S.C23H25N7OS/c1-18-24(12-19(16-30-18)8-6-10-35(2)3)33-28-31-17-21-14-26(37)32-25-15-23(29)20(9-7-11-36(4)5)13-22(25)27(21)34-28;1-14-5-8-19-22(9-14)28-23(32)11-17-13-26-25(30-24(17)19)29-20-10-16-6-7-18(31(3)4)12-21(16)27-15(20)2;1-13-5-6-16-18(9-13)26-21(32)10-15-11-24-23(29-22(15)16)27-17-7-8-19(25-14(17)2)28-20(31)12-30(3)4/h12-13,15-17H,6-11,14H2,1-5H3,(H,32,37)(H,31,33,34);5,8-10,13,18H,6-7,11-12H2,1-4H3,(H,28,32)(H,26,29,30);5-9,11H,10,12H2,1-4H3,(H,26,32)(H,24,27,29)(H,25,28,31). The van der Waals surface area contributed by atoms with E-state index < -0.39 is 0 Å². The number of likely N-dealkylation sites (N-methyl/N-ethyl adjacent to an activating group) is 2. The van der Waals surface area contributed by atoms with Gasteiger partial charge in [0.1, 0.15) is 5.82 Å². The Morgan fingerprint density at radius 3 is 1.55 bits per heavy atom. The van der Waals surface area contributed by atoms with Crippen LogP contribution in [0.2, 0.25) is 5.02 Å². The minimum atomic E-state index is -0.114. The molecule has 0 radical (unpaired) electrons. The van der Waals surface area contributed by atoms with Crippen molar-refractivity contribution in [1.29, 1.82) is 0 Å². The van der Waals surface area contributed by atoms with E-state index >= 15 is 0 Å². The molecule has 524 valence electrons. The Bertz CT molecular complexity index is 4620. The van der Waals surface area contributed by atoms with E-state index in [1.807, 2.05) is 78.7 Å². The number of thiocarbonyl (C=S) groups is 3. The molecule has 9 heterocycles. The molecule has 3 aliphatic heterocycles. The first-order valence-electron chi connectivity index (χ1n) is 34.0. The van der Waals surface area contributed by atoms with Gasteiger partial charge in [-0.3, -0.25) is 14.8 Å². The molecule has 13 rings (SSSR count). The zero-order valence-corrected chi connectivity index (χ0v) is 63.0. The lowest BCUT2D eigenvalue weighted by Crippen LogP contribution is -2.34. The van der Waals surface area contributed by atoms with Crippen LogP contribution in [-0.2, 0) is 49.7 Å². The summed E-state index contributed by atoms with van der Waals surface area (Å²) in [6, 6.07) is 25.2. The molecule has 0 fully saturated rings. The van der Waals surface area contributed by atoms with E-state index in [-0.39, 0.29) is 5.91 Å². The zero-order chi connectivity index (χ0) is 71.8. The lowest BCUT2D eigenvalue weighted by Gasteiger charge is -2.29. The third-order valence-corrected chi connectivity index (χ3v) is 19.0. The van der Waals surface area contributed by atoms with E-state index in [1.165, 1.54) is 22.4 Å². The molecule has 0 spiro atoms. The van der Waals surface area contributed by atoms with Crippen LogP contribution < -0.4 is 37.2 Å². The molecule has 1 amide bonds. The SMILES string of the molecule is Cc1ccc2c(c1)NC(=S)Cc1cnc(Nc3cc4c(nc3C)CC(N(C)C)CC4)nc1-2.Cc1ccc2c(c1)NC(=S)Cc1cnc(Nc3ccc(NC(=O)CN(C)C)nc3C)nc1-2.Cc1ncc(CCCN(C)C)cc1Nc1ncc2c(n1)-c1cc(CCCN(C)C)c(Cl)cc1NC(=S)C2. The number of fused-ring (bicyclic) bond motifs is 10. The minimum absolute atomic E-state index is 0.114. The van der Waals surface area contributed by atoms with E-state index in [0.29, 0.717) is 55.5 Å². The van der Waals surface area contributed by atoms with Crippen molar-refractivity contribution in [2.45, 2.75) is 105 Å². The molecule has 1 unspecified atom stereocenters. The Morgan fingerprint density at radius 2 is 1.03 bits per heavy atom. The molecule has 4 aliphatic rings. The number of halogens is 1. The first kappa shape index (κ1) is 73.2. The smallest absolute Gasteiger partial charge is 0.239 e. The van der Waals surface area contributed by atoms with Gasteiger partial charge < -0.3 is 56.8 Å². The Balaban J connectivity index is 0.000000153. The summed E-state index contributed by atoms with van der Waals surface area (Å²) in [5.74, 6) is 1.98. The molecule has 3 aromatic carbocycles. The summed E-state index contributed by atoms with van der Waals surface area (Å²) in [6.45, 7) is 12.4. The van der Waals surface area contributed by atoms with Crippen LogP contribution in [0, 0.1) is 34.6 Å². The van der Waals surface area contributed by atoms with Gasteiger partial charge in [0, 0.05) is 118 Å². The molecule has 6 aromatic heterocycles. The monoisotopic (exact) mass is 1430 g/mol. The summed E-state index contributed by atoms with van der Waals surface area (Å²) in [5.41, 5.74) is 24.0. The number of pyridine rings is 3. The first-order chi connectivity index (χ1) is 48.3. The highest BCUT2D eigenvalue weighted by Crippen LogP contribution is 2.40. The fraction of sp³-hybridized carbons (Fsp3) is 0.355. The molecule has 9 aromatic rings. The van der Waals surface area contributed by atoms with Crippen molar-refractivity contribution in [3.63, 3.8) is 0 Å². The molecule has 0 bridgehead atoms. The number of nitrogens with zero attached hydrogens (tertiary/aromatic N) is 13. The number of aryl methyl sites for hydroxylation is 8. The summed E-state index contributed by atoms with van der Waals surface area (Å²) in [6.07, 6.45) is 16.5. The summed E-state index contributed by atoms with van der Waals surface area (Å²) in [4.78, 5) is 65.1. The van der Waals surface area contributed by atoms with E-state index in [4.69, 9.17) is 68.2 Å². The largest absolute Gasteiger partial charge is 0.349 e. The maximum absolute atomic E-state index is 12.0. The molecule has 0 saturated carbocycles. The number of anilines is 10. The molecule has 1 aliphatic carbocycles. The predicted octanol–water partition coefficient (Wildman–Crippen LogP) is 13.8. The lowest BCUT2D eigenvalue weighted by molar-refractivity contribution is -0.116. The number of amides is 1. The number of carbonyl (C=O) groups is 1. The number of hydrogen-bond acceptors (Lipinski definition) is 20. The Kier molecular flexibility index (Phi) is 23.8. The number of hydrogen-bond donors (Lipinski definition) is 7. The van der Waals surface area contributed by atoms with Crippen molar-refractivity contribution in [3.05, 3.63) is 170 Å². The van der Waals surface area contributed by atoms with Gasteiger partial charge in [0.2, 0.25) is 23.8 Å². The van der Waals surface area contributed by atoms with Crippen LogP contribution >= 0.6 is 48.3 Å². The average molecular weight is 1430 g/mol. The van der Waals surface area contributed by atoms with Crippen molar-refractivity contribution < 1.29 is 4.79 Å². The predicted molar refractivity (Wildman–Crippen MR) is 424 cm³/mol. The molecule has 25 heteroatoms. The van der Waals surface area contributed by atoms with Gasteiger partial charge in [0.25, 0.3) is 0 Å². The average Bonchev–Trinajstić information content (AvgIpc) is 1.78. The minimum Gasteiger partial charge on any atom is -0.349 e. The normalized spacial score (nSPS) is 14.1. The molecule has 1 atom stereocenters. The number of nitrogens with one attached hydrogen (secondary N) is 7. The molecule has 101 heavy (non-hydrogen) atoms. The summed E-state index contributed by atoms with van der Waals surface area (Å²) >= 11 is 23.3. The van der Waals surface area contributed by atoms with E-state index in [9.17, 15) is 4.79 Å². The van der Waals surface area contributed by atoms with E-state index in [2.05, 4.69) is 181 Å². The third-order valence-electron chi connectivity index (χ3n) is 17.9. The van der Waals surface area contributed by atoms with E-state index in [0.717, 1.165) is 191 Å². The second-order valence-corrected chi connectivity index (χ2v) is 29.2. The topological polar surface area (TPSA) is 230 Å². The number of aromatic nitrogens is 9. The Labute approximate surface area is 614 Å². The van der Waals surface area contributed by atoms with Gasteiger partial charge in [-0.2, -0.15) is 0 Å². The van der Waals surface area contributed by atoms with E-state index in [1.54, 1.807) is 11.0 Å². The van der Waals surface area contributed by atoms with Crippen molar-refractivity contribution >= 4 is 127 Å². The van der Waals surface area contributed by atoms with Crippen LogP contribution in [-0.4, -0.2) is 167 Å². The molecular formula is C76H89ClN20OS3. The quantitative estimate of drug-likeness (QED) is 0.0396. The molecule has 21 nitrogen and oxygen atoms in total. The van der Waals surface area contributed by atoms with Gasteiger partial charge in [0.15, 0.2) is 0 Å². The van der Waals surface area contributed by atoms with Crippen LogP contribution in [0.3, 0.4) is 0 Å². The first-order valence-corrected chi connectivity index (χ1v) is 35.6. The summed E-state index contributed by atoms with van der Waals surface area (Å²) < 4.78 is 0. The molecule has 0 saturated heterocycles. The van der Waals surface area contributed by atoms with Crippen LogP contribution in [0.15, 0.2) is 97.6 Å². The maximum atomic E-state index is 12.0. The van der Waals surface area contributed by atoms with Crippen molar-refractivity contribution in [3.8, 4) is 33.8 Å². The van der Waals surface area contributed by atoms with Gasteiger partial charge in [-0.1, -0.05) is 72.5 Å². The maximum Gasteiger partial charge on any atom is 0.239 e. The second kappa shape index (κ2) is 32.8. The van der Waals surface area contributed by atoms with Crippen molar-refractivity contribution in [2.24, 2.45) is 0 Å². The van der Waals surface area contributed by atoms with Gasteiger partial charge in [-0.05, 0) is 219 Å². The third kappa shape index (κ3) is 19.0. The Hall–Kier alpha value is -8.98. The van der Waals surface area contributed by atoms with Crippen LogP contribution in [0.5, 0.6) is 0 Å². The highest BCUT2D eigenvalue weighted by atomic mass is 35.5. The second-order valence-electron chi connectivity index (χ2n) is 27.3. The van der Waals surface area contributed by atoms with Gasteiger partial charge in [-0.15, -0.1) is 0 Å². The number of carbonyl (C=O) groups excluding carboxylic acids is 1. The van der Waals surface area contributed by atoms with Gasteiger partial charge >= 0.3 is 0 Å². The van der Waals surface area contributed by atoms with Crippen LogP contribution in [0.25, 0.3) is 33.8 Å². The highest BCUT2D eigenvalue weighted by Gasteiger charge is 2.27. The molecular weight excluding hydrogens is 1340 g/mol. The molecule has 7 N–H and O–H groups in total. The summed E-state index contributed by atoms with van der Waals surface area (Å²) in [5, 5.41) is 23.7. The number of rotatable bonds is 18. The fourth-order valence-corrected chi connectivity index (χ4v) is 13.6. The van der Waals surface area contributed by atoms with Crippen LogP contribution in [0.4, 0.5) is 57.8 Å².